The number of carbonyl (C=O) groups is 1. The first kappa shape index (κ1) is 12.6. The van der Waals surface area contributed by atoms with Crippen molar-refractivity contribution >= 4 is 5.91 Å². The van der Waals surface area contributed by atoms with Gasteiger partial charge in [-0.05, 0) is 12.1 Å². The normalized spacial score (nSPS) is 11.2. The van der Waals surface area contributed by atoms with E-state index < -0.39 is 17.1 Å². The quantitative estimate of drug-likeness (QED) is 0.817. The molecule has 0 spiro atoms. The predicted molar refractivity (Wildman–Crippen MR) is 59.6 cm³/mol. The fourth-order valence-electron chi connectivity index (χ4n) is 1.12. The van der Waals surface area contributed by atoms with Crippen LogP contribution in [0.3, 0.4) is 0 Å². The van der Waals surface area contributed by atoms with Crippen LogP contribution in [-0.2, 0) is 0 Å². The highest BCUT2D eigenvalue weighted by molar-refractivity contribution is 5.94. The van der Waals surface area contributed by atoms with Crippen molar-refractivity contribution in [2.45, 2.75) is 13.8 Å². The molecular formula is C12H16FNO2. The van der Waals surface area contributed by atoms with E-state index in [1.54, 1.807) is 6.07 Å². The molecule has 0 aliphatic carbocycles. The highest BCUT2D eigenvalue weighted by Gasteiger charge is 2.18. The van der Waals surface area contributed by atoms with Crippen LogP contribution in [-0.4, -0.2) is 24.2 Å². The second kappa shape index (κ2) is 5.07. The fraction of sp³-hybridized carbons (Fsp3) is 0.417. The van der Waals surface area contributed by atoms with Gasteiger partial charge in [-0.15, -0.1) is 0 Å². The molecule has 0 saturated carbocycles. The molecule has 1 aromatic carbocycles. The third kappa shape index (κ3) is 3.31. The first-order valence-corrected chi connectivity index (χ1v) is 5.10. The summed E-state index contributed by atoms with van der Waals surface area (Å²) < 4.78 is 13.2. The summed E-state index contributed by atoms with van der Waals surface area (Å²) in [5.41, 5.74) is -0.378. The maximum Gasteiger partial charge on any atom is 0.254 e. The molecule has 0 atom stereocenters. The zero-order valence-electron chi connectivity index (χ0n) is 9.46. The smallest absolute Gasteiger partial charge is 0.254 e. The van der Waals surface area contributed by atoms with E-state index in [1.165, 1.54) is 18.2 Å². The van der Waals surface area contributed by atoms with E-state index in [2.05, 4.69) is 5.32 Å². The van der Waals surface area contributed by atoms with Gasteiger partial charge in [0.05, 0.1) is 5.56 Å². The second-order valence-electron chi connectivity index (χ2n) is 4.48. The molecule has 1 rings (SSSR count). The van der Waals surface area contributed by atoms with Gasteiger partial charge in [0, 0.05) is 18.6 Å². The van der Waals surface area contributed by atoms with Crippen molar-refractivity contribution < 1.29 is 14.3 Å². The maximum atomic E-state index is 13.2. The number of halogens is 1. The minimum absolute atomic E-state index is 0.0243. The molecule has 0 aromatic heterocycles. The largest absolute Gasteiger partial charge is 0.396 e. The van der Waals surface area contributed by atoms with Gasteiger partial charge in [0.25, 0.3) is 5.91 Å². The number of hydrogen-bond donors (Lipinski definition) is 2. The molecule has 0 radical (unpaired) electrons. The molecule has 1 amide bonds. The summed E-state index contributed by atoms with van der Waals surface area (Å²) in [4.78, 5) is 11.6. The van der Waals surface area contributed by atoms with Gasteiger partial charge in [-0.1, -0.05) is 26.0 Å². The van der Waals surface area contributed by atoms with Crippen LogP contribution in [0.5, 0.6) is 0 Å². The number of carbonyl (C=O) groups excluding carboxylic acids is 1. The Hall–Kier alpha value is -1.42. The van der Waals surface area contributed by atoms with Gasteiger partial charge in [-0.2, -0.15) is 0 Å². The van der Waals surface area contributed by atoms with Crippen molar-refractivity contribution in [2.75, 3.05) is 13.2 Å². The number of rotatable bonds is 4. The van der Waals surface area contributed by atoms with Crippen molar-refractivity contribution in [2.24, 2.45) is 5.41 Å². The lowest BCUT2D eigenvalue weighted by Gasteiger charge is -2.21. The summed E-state index contributed by atoms with van der Waals surface area (Å²) >= 11 is 0. The number of benzene rings is 1. The number of aliphatic hydroxyl groups is 1. The van der Waals surface area contributed by atoms with Gasteiger partial charge in [-0.25, -0.2) is 4.39 Å². The summed E-state index contributed by atoms with van der Waals surface area (Å²) in [5, 5.41) is 11.6. The maximum absolute atomic E-state index is 13.2. The summed E-state index contributed by atoms with van der Waals surface area (Å²) in [6.45, 7) is 3.89. The Labute approximate surface area is 94.3 Å². The van der Waals surface area contributed by atoms with E-state index in [-0.39, 0.29) is 12.2 Å². The van der Waals surface area contributed by atoms with Crippen LogP contribution >= 0.6 is 0 Å². The van der Waals surface area contributed by atoms with E-state index in [0.717, 1.165) is 0 Å². The average Bonchev–Trinajstić information content (AvgIpc) is 2.27. The van der Waals surface area contributed by atoms with Crippen molar-refractivity contribution in [1.29, 1.82) is 0 Å². The molecule has 3 nitrogen and oxygen atoms in total. The molecule has 2 N–H and O–H groups in total. The average molecular weight is 225 g/mol. The van der Waals surface area contributed by atoms with Crippen molar-refractivity contribution in [3.63, 3.8) is 0 Å². The predicted octanol–water partition coefficient (Wildman–Crippen LogP) is 1.57. The SMILES string of the molecule is CC(C)(CO)CNC(=O)c1ccccc1F. The van der Waals surface area contributed by atoms with Gasteiger partial charge in [0.1, 0.15) is 5.82 Å². The van der Waals surface area contributed by atoms with E-state index in [9.17, 15) is 9.18 Å². The molecule has 0 saturated heterocycles. The van der Waals surface area contributed by atoms with Gasteiger partial charge in [0.2, 0.25) is 0 Å². The Balaban J connectivity index is 2.64. The third-order valence-electron chi connectivity index (χ3n) is 2.27. The van der Waals surface area contributed by atoms with Gasteiger partial charge >= 0.3 is 0 Å². The molecule has 0 heterocycles. The van der Waals surface area contributed by atoms with Crippen molar-refractivity contribution in [1.82, 2.24) is 5.32 Å². The Morgan fingerprint density at radius 1 is 1.44 bits per heavy atom. The molecule has 0 bridgehead atoms. The van der Waals surface area contributed by atoms with Crippen LogP contribution in [0, 0.1) is 11.2 Å². The summed E-state index contributed by atoms with van der Waals surface area (Å²) in [6.07, 6.45) is 0. The highest BCUT2D eigenvalue weighted by Crippen LogP contribution is 2.12. The molecule has 0 aliphatic rings. The molecule has 0 unspecified atom stereocenters. The van der Waals surface area contributed by atoms with Gasteiger partial charge in [-0.3, -0.25) is 4.79 Å². The summed E-state index contributed by atoms with van der Waals surface area (Å²) in [7, 11) is 0. The van der Waals surface area contributed by atoms with Crippen LogP contribution in [0.4, 0.5) is 4.39 Å². The second-order valence-corrected chi connectivity index (χ2v) is 4.48. The Kier molecular flexibility index (Phi) is 4.01. The van der Waals surface area contributed by atoms with E-state index in [1.807, 2.05) is 13.8 Å². The fourth-order valence-corrected chi connectivity index (χ4v) is 1.12. The lowest BCUT2D eigenvalue weighted by molar-refractivity contribution is 0.0907. The number of aliphatic hydroxyl groups excluding tert-OH is 1. The first-order valence-electron chi connectivity index (χ1n) is 5.10. The Bertz CT molecular complexity index is 377. The van der Waals surface area contributed by atoms with Crippen LogP contribution in [0.2, 0.25) is 0 Å². The van der Waals surface area contributed by atoms with Crippen LogP contribution in [0.25, 0.3) is 0 Å². The highest BCUT2D eigenvalue weighted by atomic mass is 19.1. The summed E-state index contributed by atoms with van der Waals surface area (Å²) in [5.74, 6) is -0.999. The van der Waals surface area contributed by atoms with Crippen LogP contribution in [0.15, 0.2) is 24.3 Å². The monoisotopic (exact) mass is 225 g/mol. The molecular weight excluding hydrogens is 209 g/mol. The lowest BCUT2D eigenvalue weighted by atomic mass is 9.95. The standard InChI is InChI=1S/C12H16FNO2/c1-12(2,8-15)7-14-11(16)9-5-3-4-6-10(9)13/h3-6,15H,7-8H2,1-2H3,(H,14,16). The minimum Gasteiger partial charge on any atom is -0.396 e. The van der Waals surface area contributed by atoms with Crippen LogP contribution in [0.1, 0.15) is 24.2 Å². The van der Waals surface area contributed by atoms with E-state index >= 15 is 0 Å². The number of amides is 1. The zero-order valence-corrected chi connectivity index (χ0v) is 9.46. The minimum atomic E-state index is -0.540. The van der Waals surface area contributed by atoms with E-state index in [4.69, 9.17) is 5.11 Å². The topological polar surface area (TPSA) is 49.3 Å². The zero-order chi connectivity index (χ0) is 12.2. The van der Waals surface area contributed by atoms with Gasteiger partial charge < -0.3 is 10.4 Å². The molecule has 1 aromatic rings. The van der Waals surface area contributed by atoms with Gasteiger partial charge in [0.15, 0.2) is 0 Å². The molecule has 0 fully saturated rings. The molecule has 0 aliphatic heterocycles. The summed E-state index contributed by atoms with van der Waals surface area (Å²) in [6, 6.07) is 5.81. The lowest BCUT2D eigenvalue weighted by Crippen LogP contribution is -2.36. The first-order chi connectivity index (χ1) is 7.46. The Morgan fingerprint density at radius 3 is 2.62 bits per heavy atom. The van der Waals surface area contributed by atoms with E-state index in [0.29, 0.717) is 6.54 Å². The van der Waals surface area contributed by atoms with Crippen molar-refractivity contribution in [3.8, 4) is 0 Å². The molecule has 16 heavy (non-hydrogen) atoms. The van der Waals surface area contributed by atoms with Crippen LogP contribution < -0.4 is 5.32 Å². The number of hydrogen-bond acceptors (Lipinski definition) is 2. The third-order valence-corrected chi connectivity index (χ3v) is 2.27. The van der Waals surface area contributed by atoms with Crippen molar-refractivity contribution in [3.05, 3.63) is 35.6 Å². The Morgan fingerprint density at radius 2 is 2.06 bits per heavy atom. The molecule has 88 valence electrons. The molecule has 4 heteroatoms. The number of nitrogens with one attached hydrogen (secondary N) is 1.